The van der Waals surface area contributed by atoms with Crippen LogP contribution >= 0.6 is 15.9 Å². The minimum atomic E-state index is -3.84. The Balaban J connectivity index is 1.97. The van der Waals surface area contributed by atoms with E-state index < -0.39 is 10.0 Å². The van der Waals surface area contributed by atoms with E-state index in [0.717, 1.165) is 22.9 Å². The predicted molar refractivity (Wildman–Crippen MR) is 106 cm³/mol. The molecule has 5 nitrogen and oxygen atoms in total. The van der Waals surface area contributed by atoms with Gasteiger partial charge in [-0.15, -0.1) is 0 Å². The smallest absolute Gasteiger partial charge is 0.264 e. The third kappa shape index (κ3) is 4.10. The van der Waals surface area contributed by atoms with Gasteiger partial charge in [0, 0.05) is 17.6 Å². The molecule has 1 saturated heterocycles. The second-order valence-corrected chi connectivity index (χ2v) is 9.17. The monoisotopic (exact) mass is 436 g/mol. The summed E-state index contributed by atoms with van der Waals surface area (Å²) in [6.07, 6.45) is 1.93. The number of amides is 1. The van der Waals surface area contributed by atoms with Crippen molar-refractivity contribution in [3.8, 4) is 0 Å². The van der Waals surface area contributed by atoms with E-state index in [1.807, 2.05) is 6.92 Å². The van der Waals surface area contributed by atoms with Crippen molar-refractivity contribution >= 4 is 37.5 Å². The number of benzene rings is 2. The van der Waals surface area contributed by atoms with Crippen LogP contribution in [0.4, 0.5) is 5.69 Å². The van der Waals surface area contributed by atoms with Gasteiger partial charge in [-0.3, -0.25) is 9.10 Å². The first kappa shape index (κ1) is 18.9. The molecule has 1 aliphatic rings. The van der Waals surface area contributed by atoms with Crippen LogP contribution in [0.3, 0.4) is 0 Å². The number of anilines is 1. The normalized spacial score (nSPS) is 14.5. The second kappa shape index (κ2) is 7.80. The standard InChI is InChI=1S/C19H21BrN2O3S/c1-15-4-10-18(11-5-15)26(24,25)22(17-8-6-16(20)7-9-17)14-19(23)21-12-2-3-13-21/h4-11H,2-3,12-14H2,1H3. The Hall–Kier alpha value is -1.86. The maximum absolute atomic E-state index is 13.2. The number of halogens is 1. The molecule has 138 valence electrons. The molecule has 0 aromatic heterocycles. The van der Waals surface area contributed by atoms with Gasteiger partial charge in [-0.2, -0.15) is 0 Å². The van der Waals surface area contributed by atoms with E-state index in [4.69, 9.17) is 0 Å². The number of carbonyl (C=O) groups is 1. The molecule has 0 spiro atoms. The van der Waals surface area contributed by atoms with Crippen LogP contribution in [0.2, 0.25) is 0 Å². The van der Waals surface area contributed by atoms with E-state index >= 15 is 0 Å². The summed E-state index contributed by atoms with van der Waals surface area (Å²) in [7, 11) is -3.84. The van der Waals surface area contributed by atoms with E-state index in [2.05, 4.69) is 15.9 Å². The fourth-order valence-electron chi connectivity index (χ4n) is 2.95. The number of sulfonamides is 1. The lowest BCUT2D eigenvalue weighted by Crippen LogP contribution is -2.42. The summed E-state index contributed by atoms with van der Waals surface area (Å²) in [4.78, 5) is 14.6. The maximum atomic E-state index is 13.2. The number of aryl methyl sites for hydroxylation is 1. The third-order valence-corrected chi connectivity index (χ3v) is 6.78. The van der Waals surface area contributed by atoms with Crippen molar-refractivity contribution in [3.05, 3.63) is 58.6 Å². The molecular weight excluding hydrogens is 416 g/mol. The van der Waals surface area contributed by atoms with Gasteiger partial charge in [-0.05, 0) is 56.2 Å². The number of carbonyl (C=O) groups excluding carboxylic acids is 1. The molecule has 0 unspecified atom stereocenters. The van der Waals surface area contributed by atoms with Gasteiger partial charge >= 0.3 is 0 Å². The average Bonchev–Trinajstić information content (AvgIpc) is 3.15. The first-order valence-electron chi connectivity index (χ1n) is 8.51. The summed E-state index contributed by atoms with van der Waals surface area (Å²) in [6, 6.07) is 13.6. The number of likely N-dealkylation sites (tertiary alicyclic amines) is 1. The Morgan fingerprint density at radius 3 is 2.19 bits per heavy atom. The number of hydrogen-bond donors (Lipinski definition) is 0. The molecule has 7 heteroatoms. The van der Waals surface area contributed by atoms with Crippen molar-refractivity contribution in [1.82, 2.24) is 4.90 Å². The van der Waals surface area contributed by atoms with Crippen molar-refractivity contribution in [2.45, 2.75) is 24.7 Å². The average molecular weight is 437 g/mol. The highest BCUT2D eigenvalue weighted by molar-refractivity contribution is 9.10. The van der Waals surface area contributed by atoms with Crippen molar-refractivity contribution in [2.24, 2.45) is 0 Å². The van der Waals surface area contributed by atoms with Crippen LogP contribution in [0, 0.1) is 6.92 Å². The van der Waals surface area contributed by atoms with Crippen LogP contribution in [-0.4, -0.2) is 38.9 Å². The minimum Gasteiger partial charge on any atom is -0.341 e. The highest BCUT2D eigenvalue weighted by atomic mass is 79.9. The molecule has 3 rings (SSSR count). The molecule has 0 bridgehead atoms. The van der Waals surface area contributed by atoms with E-state index in [0.29, 0.717) is 18.8 Å². The molecule has 2 aromatic rings. The molecule has 1 fully saturated rings. The summed E-state index contributed by atoms with van der Waals surface area (Å²) in [5.41, 5.74) is 1.45. The Bertz CT molecular complexity index is 874. The fourth-order valence-corrected chi connectivity index (χ4v) is 4.63. The molecule has 1 amide bonds. The summed E-state index contributed by atoms with van der Waals surface area (Å²) in [5, 5.41) is 0. The molecule has 2 aromatic carbocycles. The van der Waals surface area contributed by atoms with Gasteiger partial charge in [-0.25, -0.2) is 8.42 Å². The fraction of sp³-hybridized carbons (Fsp3) is 0.316. The Labute approximate surface area is 162 Å². The van der Waals surface area contributed by atoms with E-state index in [-0.39, 0.29) is 17.3 Å². The van der Waals surface area contributed by atoms with Gasteiger partial charge < -0.3 is 4.90 Å². The number of rotatable bonds is 5. The lowest BCUT2D eigenvalue weighted by Gasteiger charge is -2.26. The summed E-state index contributed by atoms with van der Waals surface area (Å²) >= 11 is 3.36. The Kier molecular flexibility index (Phi) is 5.67. The highest BCUT2D eigenvalue weighted by Gasteiger charge is 2.29. The zero-order chi connectivity index (χ0) is 18.7. The maximum Gasteiger partial charge on any atom is 0.264 e. The topological polar surface area (TPSA) is 57.7 Å². The van der Waals surface area contributed by atoms with E-state index in [9.17, 15) is 13.2 Å². The lowest BCUT2D eigenvalue weighted by molar-refractivity contribution is -0.128. The van der Waals surface area contributed by atoms with Crippen LogP contribution in [0.5, 0.6) is 0 Å². The van der Waals surface area contributed by atoms with Crippen LogP contribution in [0.25, 0.3) is 0 Å². The lowest BCUT2D eigenvalue weighted by atomic mass is 10.2. The molecule has 0 atom stereocenters. The Morgan fingerprint density at radius 1 is 1.04 bits per heavy atom. The Morgan fingerprint density at radius 2 is 1.62 bits per heavy atom. The van der Waals surface area contributed by atoms with E-state index in [1.165, 1.54) is 4.31 Å². The molecular formula is C19H21BrN2O3S. The van der Waals surface area contributed by atoms with Crippen LogP contribution in [0.1, 0.15) is 18.4 Å². The van der Waals surface area contributed by atoms with Gasteiger partial charge in [0.1, 0.15) is 6.54 Å². The van der Waals surface area contributed by atoms with Gasteiger partial charge in [0.2, 0.25) is 5.91 Å². The largest absolute Gasteiger partial charge is 0.341 e. The zero-order valence-corrected chi connectivity index (χ0v) is 17.0. The molecule has 1 aliphatic heterocycles. The number of nitrogens with zero attached hydrogens (tertiary/aromatic N) is 2. The number of hydrogen-bond acceptors (Lipinski definition) is 3. The molecule has 1 heterocycles. The van der Waals surface area contributed by atoms with Crippen LogP contribution in [0.15, 0.2) is 57.9 Å². The van der Waals surface area contributed by atoms with Crippen molar-refractivity contribution in [2.75, 3.05) is 23.9 Å². The van der Waals surface area contributed by atoms with Gasteiger partial charge in [-0.1, -0.05) is 33.6 Å². The van der Waals surface area contributed by atoms with Crippen molar-refractivity contribution < 1.29 is 13.2 Å². The van der Waals surface area contributed by atoms with E-state index in [1.54, 1.807) is 53.4 Å². The zero-order valence-electron chi connectivity index (χ0n) is 14.6. The minimum absolute atomic E-state index is 0.166. The van der Waals surface area contributed by atoms with Crippen molar-refractivity contribution in [1.29, 1.82) is 0 Å². The first-order valence-corrected chi connectivity index (χ1v) is 10.7. The summed E-state index contributed by atoms with van der Waals surface area (Å²) in [6.45, 7) is 3.09. The molecule has 0 aliphatic carbocycles. The van der Waals surface area contributed by atoms with Crippen molar-refractivity contribution in [3.63, 3.8) is 0 Å². The quantitative estimate of drug-likeness (QED) is 0.719. The molecule has 26 heavy (non-hydrogen) atoms. The first-order chi connectivity index (χ1) is 12.4. The van der Waals surface area contributed by atoms with Gasteiger partial charge in [0.25, 0.3) is 10.0 Å². The van der Waals surface area contributed by atoms with Crippen LogP contribution in [-0.2, 0) is 14.8 Å². The van der Waals surface area contributed by atoms with Gasteiger partial charge in [0.05, 0.1) is 10.6 Å². The second-order valence-electron chi connectivity index (χ2n) is 6.39. The summed E-state index contributed by atoms with van der Waals surface area (Å²) < 4.78 is 28.5. The SMILES string of the molecule is Cc1ccc(S(=O)(=O)N(CC(=O)N2CCCC2)c2ccc(Br)cc2)cc1. The predicted octanol–water partition coefficient (Wildman–Crippen LogP) is 3.58. The molecule has 0 saturated carbocycles. The highest BCUT2D eigenvalue weighted by Crippen LogP contribution is 2.26. The molecule has 0 N–H and O–H groups in total. The third-order valence-electron chi connectivity index (χ3n) is 4.46. The molecule has 0 radical (unpaired) electrons. The van der Waals surface area contributed by atoms with Crippen LogP contribution < -0.4 is 4.31 Å². The summed E-state index contributed by atoms with van der Waals surface area (Å²) in [5.74, 6) is -0.166. The van der Waals surface area contributed by atoms with Gasteiger partial charge in [0.15, 0.2) is 0 Å².